The molecule has 6 aliphatic rings. The lowest BCUT2D eigenvalue weighted by molar-refractivity contribution is -0.358. The maximum absolute atomic E-state index is 14.6. The maximum atomic E-state index is 14.6. The maximum Gasteiger partial charge on any atom is 0.419 e. The second kappa shape index (κ2) is 7.17. The van der Waals surface area contributed by atoms with Crippen molar-refractivity contribution in [2.24, 2.45) is 17.8 Å². The molecule has 4 saturated heterocycles. The van der Waals surface area contributed by atoms with Crippen LogP contribution in [0.3, 0.4) is 0 Å². The van der Waals surface area contributed by atoms with Gasteiger partial charge >= 0.3 is 6.09 Å². The van der Waals surface area contributed by atoms with E-state index in [0.29, 0.717) is 0 Å². The van der Waals surface area contributed by atoms with Crippen LogP contribution < -0.4 is 0 Å². The van der Waals surface area contributed by atoms with Crippen LogP contribution in [0.2, 0.25) is 0 Å². The minimum atomic E-state index is -1.70. The fourth-order valence-corrected chi connectivity index (χ4v) is 7.42. The summed E-state index contributed by atoms with van der Waals surface area (Å²) in [6, 6.07) is 10.0. The van der Waals surface area contributed by atoms with E-state index in [-0.39, 0.29) is 36.9 Å². The van der Waals surface area contributed by atoms with Crippen molar-refractivity contribution < 1.29 is 38.0 Å². The molecule has 2 amide bonds. The number of carbonyl (C=O) groups is 2. The van der Waals surface area contributed by atoms with Gasteiger partial charge in [0.15, 0.2) is 18.2 Å². The highest BCUT2D eigenvalue weighted by atomic mass is 16.9. The van der Waals surface area contributed by atoms with Crippen molar-refractivity contribution in [1.82, 2.24) is 4.90 Å². The van der Waals surface area contributed by atoms with Crippen molar-refractivity contribution >= 4 is 12.0 Å². The third-order valence-electron chi connectivity index (χ3n) is 8.46. The molecule has 36 heavy (non-hydrogen) atoms. The number of benzene rings is 1. The lowest BCUT2D eigenvalue weighted by Gasteiger charge is -2.55. The molecule has 5 fully saturated rings. The molecule has 2 aliphatic carbocycles. The minimum Gasteiger partial charge on any atom is -0.443 e. The normalized spacial score (nSPS) is 45.2. The first kappa shape index (κ1) is 22.9. The Morgan fingerprint density at radius 2 is 1.72 bits per heavy atom. The van der Waals surface area contributed by atoms with Gasteiger partial charge in [0.05, 0.1) is 12.5 Å². The first-order valence-corrected chi connectivity index (χ1v) is 12.7. The Balaban J connectivity index is 1.37. The van der Waals surface area contributed by atoms with Gasteiger partial charge in [-0.1, -0.05) is 42.5 Å². The average molecular weight is 498 g/mol. The molecule has 0 spiro atoms. The Kier molecular flexibility index (Phi) is 4.55. The zero-order valence-electron chi connectivity index (χ0n) is 20.8. The summed E-state index contributed by atoms with van der Waals surface area (Å²) in [5.41, 5.74) is -0.628. The molecule has 4 aliphatic heterocycles. The lowest BCUT2D eigenvalue weighted by Crippen LogP contribution is -2.81. The summed E-state index contributed by atoms with van der Waals surface area (Å²) < 4.78 is 37.2. The largest absolute Gasteiger partial charge is 0.443 e. The fraction of sp³-hybridized carbons (Fsp3) is 0.630. The summed E-state index contributed by atoms with van der Waals surface area (Å²) in [6.45, 7) is 7.00. The highest BCUT2D eigenvalue weighted by molar-refractivity contribution is 5.96. The monoisotopic (exact) mass is 497 g/mol. The standard InChI is InChI=1S/C27H31NO8/c1-24(2)33-18-13-32-26-14-31-23(30)28(27(26,21(18)34-24)36-25(3,4)35-26)22(29)20-17-11-10-16(12-17)19(20)15-8-6-5-7-9-15/h5-11,16-21H,12-14H2,1-4H3/t16-,17+,18+,19+,20+,21+,26-,27-/m0/s1. The zero-order valence-corrected chi connectivity index (χ0v) is 20.8. The van der Waals surface area contributed by atoms with Crippen molar-refractivity contribution in [2.45, 2.75) is 75.3 Å². The van der Waals surface area contributed by atoms with Crippen LogP contribution in [0.15, 0.2) is 42.5 Å². The van der Waals surface area contributed by atoms with E-state index in [1.54, 1.807) is 27.7 Å². The minimum absolute atomic E-state index is 0.000979. The summed E-state index contributed by atoms with van der Waals surface area (Å²) >= 11 is 0. The van der Waals surface area contributed by atoms with Gasteiger partial charge in [-0.25, -0.2) is 9.69 Å². The molecular formula is C27H31NO8. The smallest absolute Gasteiger partial charge is 0.419 e. The van der Waals surface area contributed by atoms with Crippen LogP contribution in [0.1, 0.15) is 45.6 Å². The number of carbonyl (C=O) groups excluding carboxylic acids is 2. The molecule has 9 nitrogen and oxygen atoms in total. The Morgan fingerprint density at radius 3 is 2.50 bits per heavy atom. The second-order valence-corrected chi connectivity index (χ2v) is 11.6. The van der Waals surface area contributed by atoms with Gasteiger partial charge in [-0.2, -0.15) is 0 Å². The Hall–Kier alpha value is -2.30. The third-order valence-corrected chi connectivity index (χ3v) is 8.46. The molecule has 192 valence electrons. The van der Waals surface area contributed by atoms with Crippen molar-refractivity contribution in [3.05, 3.63) is 48.0 Å². The molecule has 8 atom stereocenters. The van der Waals surface area contributed by atoms with Gasteiger partial charge < -0.3 is 28.4 Å². The van der Waals surface area contributed by atoms with Gasteiger partial charge in [-0.15, -0.1) is 0 Å². The quantitative estimate of drug-likeness (QED) is 0.575. The van der Waals surface area contributed by atoms with E-state index in [1.807, 2.05) is 30.3 Å². The van der Waals surface area contributed by atoms with Crippen molar-refractivity contribution in [3.8, 4) is 0 Å². The summed E-state index contributed by atoms with van der Waals surface area (Å²) in [7, 11) is 0. The summed E-state index contributed by atoms with van der Waals surface area (Å²) in [4.78, 5) is 29.3. The third kappa shape index (κ3) is 2.89. The number of fused-ring (bicyclic) bond motifs is 3. The fourth-order valence-electron chi connectivity index (χ4n) is 7.42. The number of allylic oxidation sites excluding steroid dienone is 2. The molecule has 1 saturated carbocycles. The van der Waals surface area contributed by atoms with Gasteiger partial charge in [-0.3, -0.25) is 4.79 Å². The Bertz CT molecular complexity index is 1150. The first-order chi connectivity index (χ1) is 17.1. The van der Waals surface area contributed by atoms with E-state index in [0.717, 1.165) is 16.9 Å². The topological polar surface area (TPSA) is 92.8 Å². The molecule has 4 heterocycles. The number of ether oxygens (including phenoxy) is 6. The SMILES string of the molecule is CC1(C)O[C@@H]2[C@@H](CO[C@]34COC(=O)N(C(=O)[C@H]5[C@H](c6ccccc6)[C@H]6C=C[C@@H]5C6)[C@]23OC(C)(C)O4)O1. The van der Waals surface area contributed by atoms with Crippen molar-refractivity contribution in [3.63, 3.8) is 0 Å². The molecule has 0 aromatic heterocycles. The van der Waals surface area contributed by atoms with E-state index < -0.39 is 47.3 Å². The van der Waals surface area contributed by atoms with E-state index in [2.05, 4.69) is 12.2 Å². The molecule has 2 bridgehead atoms. The lowest BCUT2D eigenvalue weighted by atomic mass is 9.76. The number of rotatable bonds is 2. The first-order valence-electron chi connectivity index (χ1n) is 12.7. The van der Waals surface area contributed by atoms with Crippen molar-refractivity contribution in [2.75, 3.05) is 13.2 Å². The molecule has 9 heteroatoms. The molecule has 1 aromatic carbocycles. The number of amides is 2. The van der Waals surface area contributed by atoms with Crippen LogP contribution in [-0.4, -0.2) is 65.4 Å². The highest BCUT2D eigenvalue weighted by Gasteiger charge is 2.82. The van der Waals surface area contributed by atoms with Crippen LogP contribution in [0, 0.1) is 17.8 Å². The van der Waals surface area contributed by atoms with E-state index in [9.17, 15) is 9.59 Å². The molecule has 0 radical (unpaired) electrons. The predicted octanol–water partition coefficient (Wildman–Crippen LogP) is 3.30. The van der Waals surface area contributed by atoms with Crippen LogP contribution >= 0.6 is 0 Å². The number of cyclic esters (lactones) is 1. The Labute approximate surface area is 209 Å². The summed E-state index contributed by atoms with van der Waals surface area (Å²) in [5.74, 6) is -4.37. The predicted molar refractivity (Wildman–Crippen MR) is 123 cm³/mol. The van der Waals surface area contributed by atoms with E-state index in [4.69, 9.17) is 28.4 Å². The molecule has 1 aromatic rings. The second-order valence-electron chi connectivity index (χ2n) is 11.6. The number of hydrogen-bond donors (Lipinski definition) is 0. The summed E-state index contributed by atoms with van der Waals surface area (Å²) in [5, 5.41) is 0. The Morgan fingerprint density at radius 1 is 0.972 bits per heavy atom. The number of imide groups is 1. The number of nitrogens with zero attached hydrogens (tertiary/aromatic N) is 1. The van der Waals surface area contributed by atoms with Crippen molar-refractivity contribution in [1.29, 1.82) is 0 Å². The van der Waals surface area contributed by atoms with Gasteiger partial charge in [0.2, 0.25) is 11.6 Å². The van der Waals surface area contributed by atoms with Gasteiger partial charge in [0.1, 0.15) is 12.2 Å². The molecule has 0 N–H and O–H groups in total. The zero-order chi connectivity index (χ0) is 25.1. The van der Waals surface area contributed by atoms with Crippen LogP contribution in [0.4, 0.5) is 4.79 Å². The molecule has 0 unspecified atom stereocenters. The molecule has 7 rings (SSSR count). The van der Waals surface area contributed by atoms with Crippen LogP contribution in [0.25, 0.3) is 0 Å². The molecular weight excluding hydrogens is 466 g/mol. The van der Waals surface area contributed by atoms with E-state index >= 15 is 0 Å². The van der Waals surface area contributed by atoms with E-state index in [1.165, 1.54) is 0 Å². The van der Waals surface area contributed by atoms with Crippen LogP contribution in [0.5, 0.6) is 0 Å². The average Bonchev–Trinajstić information content (AvgIpc) is 3.56. The van der Waals surface area contributed by atoms with Gasteiger partial charge in [0.25, 0.3) is 5.79 Å². The van der Waals surface area contributed by atoms with Gasteiger partial charge in [-0.05, 0) is 51.5 Å². The summed E-state index contributed by atoms with van der Waals surface area (Å²) in [6.07, 6.45) is 2.99. The highest BCUT2D eigenvalue weighted by Crippen LogP contribution is 2.60. The van der Waals surface area contributed by atoms with Crippen LogP contribution in [-0.2, 0) is 33.2 Å². The van der Waals surface area contributed by atoms with Gasteiger partial charge in [0, 0.05) is 5.92 Å². The number of hydrogen-bond acceptors (Lipinski definition) is 8.